The molecule has 1 saturated heterocycles. The molecule has 0 radical (unpaired) electrons. The molecule has 0 amide bonds. The molecule has 1 aromatic carbocycles. The molecule has 0 aliphatic carbocycles. The lowest BCUT2D eigenvalue weighted by Crippen LogP contribution is -2.37. The summed E-state index contributed by atoms with van der Waals surface area (Å²) in [5.74, 6) is -0.856. The Kier molecular flexibility index (Phi) is 8.45. The van der Waals surface area contributed by atoms with E-state index in [1.807, 2.05) is 24.3 Å². The van der Waals surface area contributed by atoms with E-state index in [-0.39, 0.29) is 17.4 Å². The van der Waals surface area contributed by atoms with Gasteiger partial charge in [-0.1, -0.05) is 18.2 Å². The normalized spacial score (nSPS) is 19.6. The summed E-state index contributed by atoms with van der Waals surface area (Å²) in [6, 6.07) is 6.60. The van der Waals surface area contributed by atoms with E-state index in [4.69, 9.17) is 5.11 Å². The maximum absolute atomic E-state index is 12.8. The molecule has 0 unspecified atom stereocenters. The van der Waals surface area contributed by atoms with Crippen LogP contribution in [0, 0.1) is 0 Å². The number of allylic oxidation sites excluding steroid dienone is 1. The number of carboxylic acid groups (broad SMARTS) is 1. The van der Waals surface area contributed by atoms with Crippen molar-refractivity contribution in [1.82, 2.24) is 14.6 Å². The van der Waals surface area contributed by atoms with E-state index < -0.39 is 33.8 Å². The molecule has 0 bridgehead atoms. The van der Waals surface area contributed by atoms with Gasteiger partial charge in [-0.05, 0) is 55.2 Å². The van der Waals surface area contributed by atoms with Crippen molar-refractivity contribution in [3.63, 3.8) is 0 Å². The zero-order chi connectivity index (χ0) is 24.8. The fraction of sp³-hybridized carbons (Fsp3) is 0.391. The van der Waals surface area contributed by atoms with Crippen molar-refractivity contribution >= 4 is 16.0 Å². The number of nitrogens with zero attached hydrogens (tertiary/aromatic N) is 2. The van der Waals surface area contributed by atoms with Gasteiger partial charge in [0.15, 0.2) is 0 Å². The Labute approximate surface area is 196 Å². The number of unbranched alkanes of at least 4 members (excludes halogenated alkanes) is 1. The first kappa shape index (κ1) is 25.9. The number of likely N-dealkylation sites (tertiary alicyclic amines) is 1. The third-order valence-corrected chi connectivity index (χ3v) is 7.03. The molecule has 7 nitrogen and oxygen atoms in total. The summed E-state index contributed by atoms with van der Waals surface area (Å²) in [6.45, 7) is 0.940. The molecule has 1 aliphatic heterocycles. The lowest BCUT2D eigenvalue weighted by Gasteiger charge is -2.21. The number of aromatic nitrogens is 1. The van der Waals surface area contributed by atoms with Crippen LogP contribution in [0.25, 0.3) is 0 Å². The van der Waals surface area contributed by atoms with Crippen LogP contribution in [0.5, 0.6) is 0 Å². The van der Waals surface area contributed by atoms with Crippen molar-refractivity contribution in [1.29, 1.82) is 0 Å². The first-order chi connectivity index (χ1) is 16.0. The van der Waals surface area contributed by atoms with E-state index >= 15 is 0 Å². The van der Waals surface area contributed by atoms with Gasteiger partial charge in [-0.3, -0.25) is 14.7 Å². The molecule has 34 heavy (non-hydrogen) atoms. The van der Waals surface area contributed by atoms with Crippen LogP contribution in [0.15, 0.2) is 65.8 Å². The Morgan fingerprint density at radius 1 is 1.24 bits per heavy atom. The SMILES string of the molecule is O=C(O)CCC/C=C\[C@@H]1C[C@@H](NS(=O)(=O)c2ccc(C(F)(F)F)cc2)CN1Cc1cccnc1. The number of pyridine rings is 1. The Morgan fingerprint density at radius 2 is 1.97 bits per heavy atom. The molecular weight excluding hydrogens is 471 g/mol. The zero-order valence-corrected chi connectivity index (χ0v) is 19.1. The molecular formula is C23H26F3N3O4S. The average Bonchev–Trinajstić information content (AvgIpc) is 3.13. The average molecular weight is 498 g/mol. The Bertz CT molecular complexity index is 1090. The first-order valence-corrected chi connectivity index (χ1v) is 12.2. The van der Waals surface area contributed by atoms with Gasteiger partial charge in [-0.15, -0.1) is 0 Å². The Balaban J connectivity index is 1.69. The van der Waals surface area contributed by atoms with E-state index in [0.29, 0.717) is 32.4 Å². The number of aliphatic carboxylic acids is 1. The van der Waals surface area contributed by atoms with Crippen LogP contribution < -0.4 is 4.72 Å². The summed E-state index contributed by atoms with van der Waals surface area (Å²) in [5.41, 5.74) is 0.0427. The van der Waals surface area contributed by atoms with E-state index in [9.17, 15) is 26.4 Å². The van der Waals surface area contributed by atoms with E-state index in [2.05, 4.69) is 14.6 Å². The number of sulfonamides is 1. The zero-order valence-electron chi connectivity index (χ0n) is 18.3. The molecule has 2 aromatic rings. The molecule has 2 N–H and O–H groups in total. The summed E-state index contributed by atoms with van der Waals surface area (Å²) in [5, 5.41) is 8.76. The minimum atomic E-state index is -4.54. The fourth-order valence-corrected chi connectivity index (χ4v) is 5.10. The number of hydrogen-bond donors (Lipinski definition) is 2. The van der Waals surface area contributed by atoms with Gasteiger partial charge in [-0.25, -0.2) is 13.1 Å². The summed E-state index contributed by atoms with van der Waals surface area (Å²) in [6.07, 6.45) is 4.33. The topological polar surface area (TPSA) is 99.6 Å². The van der Waals surface area contributed by atoms with Gasteiger partial charge >= 0.3 is 12.1 Å². The van der Waals surface area contributed by atoms with Crippen LogP contribution in [0.2, 0.25) is 0 Å². The van der Waals surface area contributed by atoms with Crippen LogP contribution in [0.3, 0.4) is 0 Å². The summed E-state index contributed by atoms with van der Waals surface area (Å²) < 4.78 is 66.6. The van der Waals surface area contributed by atoms with Crippen molar-refractivity contribution in [2.24, 2.45) is 0 Å². The molecule has 2 atom stereocenters. The third-order valence-electron chi connectivity index (χ3n) is 5.49. The van der Waals surface area contributed by atoms with Crippen LogP contribution in [0.4, 0.5) is 13.2 Å². The van der Waals surface area contributed by atoms with Crippen LogP contribution in [0.1, 0.15) is 36.8 Å². The van der Waals surface area contributed by atoms with Crippen molar-refractivity contribution < 1.29 is 31.5 Å². The van der Waals surface area contributed by atoms with Crippen molar-refractivity contribution in [2.75, 3.05) is 6.54 Å². The van der Waals surface area contributed by atoms with Gasteiger partial charge in [0.1, 0.15) is 0 Å². The van der Waals surface area contributed by atoms with Crippen LogP contribution in [-0.2, 0) is 27.5 Å². The van der Waals surface area contributed by atoms with E-state index in [1.165, 1.54) is 0 Å². The van der Waals surface area contributed by atoms with Crippen LogP contribution in [-0.4, -0.2) is 48.0 Å². The standard InChI is InChI=1S/C23H26F3N3O4S/c24-23(25,26)18-8-10-21(11-9-18)34(32,33)28-19-13-20(6-2-1-3-7-22(30)31)29(16-19)15-17-5-4-12-27-14-17/h2,4-6,8-12,14,19-20,28H,1,3,7,13,15-16H2,(H,30,31)/b6-2-/t19-,20-/m1/s1. The fourth-order valence-electron chi connectivity index (χ4n) is 3.86. The molecule has 184 valence electrons. The number of nitrogens with one attached hydrogen (secondary N) is 1. The minimum absolute atomic E-state index is 0.0734. The predicted octanol–water partition coefficient (Wildman–Crippen LogP) is 3.83. The number of carboxylic acids is 1. The second-order valence-corrected chi connectivity index (χ2v) is 9.86. The van der Waals surface area contributed by atoms with Gasteiger partial charge < -0.3 is 5.11 Å². The minimum Gasteiger partial charge on any atom is -0.481 e. The Morgan fingerprint density at radius 3 is 2.59 bits per heavy atom. The smallest absolute Gasteiger partial charge is 0.416 e. The third kappa shape index (κ3) is 7.37. The summed E-state index contributed by atoms with van der Waals surface area (Å²) >= 11 is 0. The number of alkyl halides is 3. The van der Waals surface area contributed by atoms with E-state index in [1.54, 1.807) is 12.4 Å². The molecule has 1 aliphatic rings. The first-order valence-electron chi connectivity index (χ1n) is 10.8. The highest BCUT2D eigenvalue weighted by Crippen LogP contribution is 2.30. The number of rotatable bonds is 10. The molecule has 3 rings (SSSR count). The maximum atomic E-state index is 12.8. The number of hydrogen-bond acceptors (Lipinski definition) is 5. The molecule has 0 saturated carbocycles. The highest BCUT2D eigenvalue weighted by molar-refractivity contribution is 7.89. The van der Waals surface area contributed by atoms with E-state index in [0.717, 1.165) is 29.8 Å². The summed E-state index contributed by atoms with van der Waals surface area (Å²) in [7, 11) is -4.01. The number of carbonyl (C=O) groups is 1. The molecule has 2 heterocycles. The number of halogens is 3. The molecule has 1 aromatic heterocycles. The Hall–Kier alpha value is -2.76. The van der Waals surface area contributed by atoms with Gasteiger partial charge in [0.2, 0.25) is 10.0 Å². The number of benzene rings is 1. The van der Waals surface area contributed by atoms with Crippen molar-refractivity contribution in [3.05, 3.63) is 72.1 Å². The second kappa shape index (κ2) is 11.1. The molecule has 1 fully saturated rings. The highest BCUT2D eigenvalue weighted by Gasteiger charge is 2.34. The lowest BCUT2D eigenvalue weighted by atomic mass is 10.1. The van der Waals surface area contributed by atoms with Crippen LogP contribution >= 0.6 is 0 Å². The molecule has 11 heteroatoms. The predicted molar refractivity (Wildman–Crippen MR) is 119 cm³/mol. The lowest BCUT2D eigenvalue weighted by molar-refractivity contribution is -0.138. The molecule has 0 spiro atoms. The monoisotopic (exact) mass is 497 g/mol. The quantitative estimate of drug-likeness (QED) is 0.382. The maximum Gasteiger partial charge on any atom is 0.416 e. The summed E-state index contributed by atoms with van der Waals surface area (Å²) in [4.78, 5) is 16.6. The van der Waals surface area contributed by atoms with Crippen molar-refractivity contribution in [2.45, 2.75) is 55.4 Å². The van der Waals surface area contributed by atoms with Gasteiger partial charge in [0, 0.05) is 44.0 Å². The largest absolute Gasteiger partial charge is 0.481 e. The van der Waals surface area contributed by atoms with Gasteiger partial charge in [-0.2, -0.15) is 13.2 Å². The van der Waals surface area contributed by atoms with Gasteiger partial charge in [0.25, 0.3) is 0 Å². The van der Waals surface area contributed by atoms with Gasteiger partial charge in [0.05, 0.1) is 10.5 Å². The second-order valence-electron chi connectivity index (χ2n) is 8.15. The highest BCUT2D eigenvalue weighted by atomic mass is 32.2. The van der Waals surface area contributed by atoms with Crippen molar-refractivity contribution in [3.8, 4) is 0 Å².